The predicted octanol–water partition coefficient (Wildman–Crippen LogP) is 10.8. The lowest BCUT2D eigenvalue weighted by molar-refractivity contribution is 0.100. The zero-order valence-electron chi connectivity index (χ0n) is 32.7. The maximum atomic E-state index is 11.9. The highest BCUT2D eigenvalue weighted by atomic mass is 16.5. The molecule has 0 radical (unpaired) electrons. The zero-order valence-corrected chi connectivity index (χ0v) is 32.7. The minimum Gasteiger partial charge on any atom is -0.493 e. The molecule has 6 aromatic rings. The summed E-state index contributed by atoms with van der Waals surface area (Å²) in [7, 11) is 4.83. The van der Waals surface area contributed by atoms with Crippen LogP contribution >= 0.6 is 0 Å². The third-order valence-corrected chi connectivity index (χ3v) is 10.1. The number of carbonyl (C=O) groups excluding carboxylic acids is 3. The number of hydrogen-bond acceptors (Lipinski definition) is 9. The largest absolute Gasteiger partial charge is 0.493 e. The molecule has 0 bridgehead atoms. The lowest BCUT2D eigenvalue weighted by Gasteiger charge is -2.18. The van der Waals surface area contributed by atoms with E-state index in [0.717, 1.165) is 33.4 Å². The van der Waals surface area contributed by atoms with Gasteiger partial charge in [0.15, 0.2) is 51.8 Å². The SMILES string of the molecule is COc1cc2c(cc1Oc1ccc(C(C)=O)cc1)Cc1cc(OC)c(Oc3ccc(C(C)=O)cc3)cc1Cc1cc(OC)c(Oc3ccc(C(C)=O)cc3)cc1C2. The summed E-state index contributed by atoms with van der Waals surface area (Å²) in [6, 6.07) is 33.1. The Hall–Kier alpha value is -6.87. The maximum Gasteiger partial charge on any atom is 0.169 e. The number of methoxy groups -OCH3 is 3. The molecule has 0 saturated heterocycles. The molecule has 0 fully saturated rings. The van der Waals surface area contributed by atoms with Crippen molar-refractivity contribution in [1.82, 2.24) is 0 Å². The predicted molar refractivity (Wildman–Crippen MR) is 217 cm³/mol. The Kier molecular flexibility index (Phi) is 11.1. The Morgan fingerprint density at radius 2 is 0.561 bits per heavy atom. The fourth-order valence-corrected chi connectivity index (χ4v) is 6.91. The first kappa shape index (κ1) is 38.4. The van der Waals surface area contributed by atoms with Gasteiger partial charge >= 0.3 is 0 Å². The van der Waals surface area contributed by atoms with Crippen LogP contribution in [-0.2, 0) is 19.3 Å². The quantitative estimate of drug-likeness (QED) is 0.112. The van der Waals surface area contributed by atoms with E-state index in [9.17, 15) is 14.4 Å². The molecule has 0 spiro atoms. The molecule has 9 nitrogen and oxygen atoms in total. The van der Waals surface area contributed by atoms with Crippen molar-refractivity contribution in [2.45, 2.75) is 40.0 Å². The lowest BCUT2D eigenvalue weighted by Crippen LogP contribution is -2.02. The zero-order chi connectivity index (χ0) is 40.2. The average molecular weight is 763 g/mol. The average Bonchev–Trinajstić information content (AvgIpc) is 3.26. The number of benzene rings is 6. The van der Waals surface area contributed by atoms with Crippen molar-refractivity contribution in [2.24, 2.45) is 0 Å². The van der Waals surface area contributed by atoms with Gasteiger partial charge in [-0.25, -0.2) is 0 Å². The van der Waals surface area contributed by atoms with Crippen molar-refractivity contribution < 1.29 is 42.8 Å². The number of ether oxygens (including phenoxy) is 6. The molecule has 7 rings (SSSR count). The van der Waals surface area contributed by atoms with Gasteiger partial charge in [0, 0.05) is 16.7 Å². The molecular weight excluding hydrogens is 721 g/mol. The number of fused-ring (bicyclic) bond motifs is 3. The fourth-order valence-electron chi connectivity index (χ4n) is 6.91. The van der Waals surface area contributed by atoms with Gasteiger partial charge in [0.25, 0.3) is 0 Å². The molecule has 0 atom stereocenters. The molecule has 57 heavy (non-hydrogen) atoms. The highest BCUT2D eigenvalue weighted by Crippen LogP contribution is 2.43. The molecule has 9 heteroatoms. The van der Waals surface area contributed by atoms with Crippen molar-refractivity contribution in [1.29, 1.82) is 0 Å². The van der Waals surface area contributed by atoms with E-state index in [2.05, 4.69) is 0 Å². The van der Waals surface area contributed by atoms with E-state index in [1.165, 1.54) is 20.8 Å². The molecule has 6 aromatic carbocycles. The number of rotatable bonds is 12. The van der Waals surface area contributed by atoms with Gasteiger partial charge in [-0.1, -0.05) is 0 Å². The summed E-state index contributed by atoms with van der Waals surface area (Å²) in [6.45, 7) is 4.59. The molecule has 0 amide bonds. The Morgan fingerprint density at radius 1 is 0.351 bits per heavy atom. The van der Waals surface area contributed by atoms with Crippen molar-refractivity contribution in [3.63, 3.8) is 0 Å². The van der Waals surface area contributed by atoms with Gasteiger partial charge in [-0.3, -0.25) is 14.4 Å². The molecule has 0 aliphatic heterocycles. The highest BCUT2D eigenvalue weighted by Gasteiger charge is 2.23. The van der Waals surface area contributed by atoms with E-state index in [0.29, 0.717) is 87.7 Å². The molecule has 0 saturated carbocycles. The number of carbonyl (C=O) groups is 3. The van der Waals surface area contributed by atoms with Crippen LogP contribution in [0.2, 0.25) is 0 Å². The van der Waals surface area contributed by atoms with Gasteiger partial charge in [0.1, 0.15) is 17.2 Å². The van der Waals surface area contributed by atoms with Gasteiger partial charge in [-0.05, 0) is 183 Å². The van der Waals surface area contributed by atoms with Crippen LogP contribution in [0.3, 0.4) is 0 Å². The van der Waals surface area contributed by atoms with Crippen LogP contribution in [0.1, 0.15) is 85.2 Å². The Balaban J connectivity index is 1.35. The molecule has 0 unspecified atom stereocenters. The topological polar surface area (TPSA) is 107 Å². The van der Waals surface area contributed by atoms with Crippen LogP contribution < -0.4 is 28.4 Å². The first-order valence-corrected chi connectivity index (χ1v) is 18.5. The number of hydrogen-bond donors (Lipinski definition) is 0. The van der Waals surface area contributed by atoms with Gasteiger partial charge in [-0.15, -0.1) is 0 Å². The molecule has 0 heterocycles. The summed E-state index contributed by atoms with van der Waals surface area (Å²) < 4.78 is 36.9. The van der Waals surface area contributed by atoms with Crippen LogP contribution in [0.5, 0.6) is 51.7 Å². The van der Waals surface area contributed by atoms with E-state index >= 15 is 0 Å². The van der Waals surface area contributed by atoms with Gasteiger partial charge in [-0.2, -0.15) is 0 Å². The summed E-state index contributed by atoms with van der Waals surface area (Å²) in [5.41, 5.74) is 7.87. The lowest BCUT2D eigenvalue weighted by atomic mass is 9.94. The van der Waals surface area contributed by atoms with Gasteiger partial charge in [0.05, 0.1) is 21.3 Å². The Labute approximate surface area is 331 Å². The van der Waals surface area contributed by atoms with Crippen molar-refractivity contribution in [3.05, 3.63) is 159 Å². The molecule has 0 N–H and O–H groups in total. The van der Waals surface area contributed by atoms with E-state index < -0.39 is 0 Å². The summed E-state index contributed by atoms with van der Waals surface area (Å²) in [5, 5.41) is 0. The van der Waals surface area contributed by atoms with Crippen LogP contribution in [0.15, 0.2) is 109 Å². The van der Waals surface area contributed by atoms with Crippen molar-refractivity contribution in [3.8, 4) is 51.7 Å². The van der Waals surface area contributed by atoms with Crippen LogP contribution in [0.25, 0.3) is 0 Å². The van der Waals surface area contributed by atoms with E-state index in [1.807, 2.05) is 36.4 Å². The second-order valence-electron chi connectivity index (χ2n) is 13.9. The summed E-state index contributed by atoms with van der Waals surface area (Å²) in [6.07, 6.45) is 1.61. The maximum absolute atomic E-state index is 11.9. The minimum atomic E-state index is -0.0258. The minimum absolute atomic E-state index is 0.0258. The molecular formula is C48H42O9. The molecule has 0 aromatic heterocycles. The molecule has 1 aliphatic rings. The van der Waals surface area contributed by atoms with E-state index in [-0.39, 0.29) is 17.3 Å². The van der Waals surface area contributed by atoms with Crippen molar-refractivity contribution in [2.75, 3.05) is 21.3 Å². The standard InChI is InChI=1S/C48H42O9/c1-28(49)31-7-13-40(14-8-31)55-46-25-37-19-35-23-44(53-5)48(57-42-17-11-33(12-18-42)30(3)51)27-39(35)21-36-24-45(54-6)47(26-38(36)20-34(37)22-43(46)52-4)56-41-15-9-32(10-16-41)29(2)50/h7-18,22-27H,19-21H2,1-6H3. The number of Topliss-reactive ketones (excluding diaryl/α,β-unsaturated/α-hetero) is 3. The summed E-state index contributed by atoms with van der Waals surface area (Å²) in [5.74, 6) is 4.87. The third kappa shape index (κ3) is 8.53. The third-order valence-electron chi connectivity index (χ3n) is 10.1. The second-order valence-corrected chi connectivity index (χ2v) is 13.9. The Morgan fingerprint density at radius 3 is 0.754 bits per heavy atom. The smallest absolute Gasteiger partial charge is 0.169 e. The first-order chi connectivity index (χ1) is 27.5. The molecule has 1 aliphatic carbocycles. The van der Waals surface area contributed by atoms with Gasteiger partial charge in [0.2, 0.25) is 0 Å². The van der Waals surface area contributed by atoms with Crippen molar-refractivity contribution >= 4 is 17.3 Å². The fraction of sp³-hybridized carbons (Fsp3) is 0.188. The summed E-state index contributed by atoms with van der Waals surface area (Å²) in [4.78, 5) is 35.7. The second kappa shape index (κ2) is 16.5. The molecule has 288 valence electrons. The summed E-state index contributed by atoms with van der Waals surface area (Å²) >= 11 is 0. The first-order valence-electron chi connectivity index (χ1n) is 18.5. The monoisotopic (exact) mass is 762 g/mol. The highest BCUT2D eigenvalue weighted by molar-refractivity contribution is 5.95. The van der Waals surface area contributed by atoms with Crippen LogP contribution in [0, 0.1) is 0 Å². The van der Waals surface area contributed by atoms with Crippen LogP contribution in [0.4, 0.5) is 0 Å². The van der Waals surface area contributed by atoms with Gasteiger partial charge < -0.3 is 28.4 Å². The Bertz CT molecular complexity index is 2200. The van der Waals surface area contributed by atoms with E-state index in [4.69, 9.17) is 28.4 Å². The normalized spacial score (nSPS) is 11.7. The van der Waals surface area contributed by atoms with Crippen LogP contribution in [-0.4, -0.2) is 38.7 Å². The van der Waals surface area contributed by atoms with E-state index in [1.54, 1.807) is 94.1 Å². The number of ketones is 3.